The van der Waals surface area contributed by atoms with Gasteiger partial charge in [-0.2, -0.15) is 0 Å². The Morgan fingerprint density at radius 2 is 1.90 bits per heavy atom. The summed E-state index contributed by atoms with van der Waals surface area (Å²) in [4.78, 5) is 18.8. The van der Waals surface area contributed by atoms with Gasteiger partial charge in [0.05, 0.1) is 5.69 Å². The highest BCUT2D eigenvalue weighted by atomic mass is 32.1. The number of hydrogen-bond acceptors (Lipinski definition) is 4. The third-order valence-corrected chi connectivity index (χ3v) is 5.62. The number of carbonyl (C=O) groups is 1. The maximum atomic E-state index is 11.4. The van der Waals surface area contributed by atoms with Crippen LogP contribution in [0.15, 0.2) is 0 Å². The molecule has 0 radical (unpaired) electrons. The average molecular weight is 294 g/mol. The van der Waals surface area contributed by atoms with E-state index in [1.54, 1.807) is 0 Å². The Labute approximate surface area is 123 Å². The Morgan fingerprint density at radius 3 is 2.35 bits per heavy atom. The number of aromatic carboxylic acids is 1. The molecule has 1 N–H and O–H groups in total. The summed E-state index contributed by atoms with van der Waals surface area (Å²) in [6.07, 6.45) is 4.00. The van der Waals surface area contributed by atoms with Crippen LogP contribution >= 0.6 is 11.3 Å². The molecule has 0 bridgehead atoms. The van der Waals surface area contributed by atoms with Gasteiger partial charge in [0.25, 0.3) is 0 Å². The van der Waals surface area contributed by atoms with Crippen LogP contribution in [-0.4, -0.2) is 29.1 Å². The Balaban J connectivity index is 1.90. The first-order valence-corrected chi connectivity index (χ1v) is 8.17. The van der Waals surface area contributed by atoms with Crippen LogP contribution < -0.4 is 4.90 Å². The quantitative estimate of drug-likeness (QED) is 0.908. The average Bonchev–Trinajstić information content (AvgIpc) is 3.00. The Hall–Kier alpha value is -1.10. The van der Waals surface area contributed by atoms with Gasteiger partial charge < -0.3 is 10.0 Å². The van der Waals surface area contributed by atoms with E-state index >= 15 is 0 Å². The van der Waals surface area contributed by atoms with Crippen molar-refractivity contribution < 1.29 is 9.90 Å². The zero-order chi connectivity index (χ0) is 14.5. The van der Waals surface area contributed by atoms with Crippen LogP contribution in [0.3, 0.4) is 0 Å². The molecule has 1 aromatic heterocycles. The van der Waals surface area contributed by atoms with Crippen molar-refractivity contribution in [2.75, 3.05) is 18.0 Å². The molecular formula is C15H22N2O2S. The van der Waals surface area contributed by atoms with Crippen molar-refractivity contribution in [3.63, 3.8) is 0 Å². The molecule has 1 saturated carbocycles. The van der Waals surface area contributed by atoms with Crippen LogP contribution in [-0.2, 0) is 5.41 Å². The second-order valence-corrected chi connectivity index (χ2v) is 8.06. The van der Waals surface area contributed by atoms with E-state index < -0.39 is 5.97 Å². The first-order chi connectivity index (χ1) is 9.36. The number of anilines is 1. The molecule has 1 aliphatic heterocycles. The van der Waals surface area contributed by atoms with E-state index in [2.05, 4.69) is 9.88 Å². The number of carboxylic acids is 1. The van der Waals surface area contributed by atoms with Crippen LogP contribution in [0, 0.1) is 11.8 Å². The Morgan fingerprint density at radius 1 is 1.30 bits per heavy atom. The summed E-state index contributed by atoms with van der Waals surface area (Å²) in [5.74, 6) is 0.744. The van der Waals surface area contributed by atoms with Gasteiger partial charge in [0, 0.05) is 18.5 Å². The summed E-state index contributed by atoms with van der Waals surface area (Å²) >= 11 is 1.35. The van der Waals surface area contributed by atoms with Gasteiger partial charge in [-0.1, -0.05) is 38.5 Å². The Bertz CT molecular complexity index is 520. The number of nitrogens with zero attached hydrogens (tertiary/aromatic N) is 2. The van der Waals surface area contributed by atoms with E-state index in [0.29, 0.717) is 4.88 Å². The highest BCUT2D eigenvalue weighted by Gasteiger charge is 2.38. The van der Waals surface area contributed by atoms with E-state index in [0.717, 1.165) is 35.8 Å². The second kappa shape index (κ2) is 4.72. The second-order valence-electron chi connectivity index (χ2n) is 7.09. The molecule has 0 aromatic carbocycles. The lowest BCUT2D eigenvalue weighted by atomic mass is 9.91. The van der Waals surface area contributed by atoms with Crippen molar-refractivity contribution in [2.24, 2.45) is 11.8 Å². The summed E-state index contributed by atoms with van der Waals surface area (Å²) in [6, 6.07) is 0. The van der Waals surface area contributed by atoms with Crippen molar-refractivity contribution in [2.45, 2.75) is 45.4 Å². The minimum absolute atomic E-state index is 0.224. The summed E-state index contributed by atoms with van der Waals surface area (Å²) in [5, 5.41) is 10.3. The molecule has 1 aromatic rings. The molecule has 4 nitrogen and oxygen atoms in total. The van der Waals surface area contributed by atoms with E-state index in [1.165, 1.54) is 30.6 Å². The summed E-state index contributed by atoms with van der Waals surface area (Å²) in [5.41, 5.74) is 0.500. The van der Waals surface area contributed by atoms with Crippen molar-refractivity contribution in [3.8, 4) is 0 Å². The highest BCUT2D eigenvalue weighted by Crippen LogP contribution is 2.42. The molecule has 1 aliphatic carbocycles. The predicted octanol–water partition coefficient (Wildman–Crippen LogP) is 3.38. The minimum Gasteiger partial charge on any atom is -0.477 e. The van der Waals surface area contributed by atoms with Crippen molar-refractivity contribution in [1.29, 1.82) is 0 Å². The fourth-order valence-corrected chi connectivity index (χ4v) is 4.62. The normalized spacial score (nSPS) is 26.1. The van der Waals surface area contributed by atoms with Gasteiger partial charge >= 0.3 is 5.97 Å². The number of thiazole rings is 1. The maximum Gasteiger partial charge on any atom is 0.347 e. The summed E-state index contributed by atoms with van der Waals surface area (Å²) in [7, 11) is 0. The smallest absolute Gasteiger partial charge is 0.347 e. The lowest BCUT2D eigenvalue weighted by molar-refractivity contribution is 0.0699. The molecule has 0 spiro atoms. The van der Waals surface area contributed by atoms with Gasteiger partial charge in [0.2, 0.25) is 0 Å². The number of fused-ring (bicyclic) bond motifs is 1. The molecule has 110 valence electrons. The molecule has 0 amide bonds. The van der Waals surface area contributed by atoms with Gasteiger partial charge in [0.15, 0.2) is 5.13 Å². The zero-order valence-electron chi connectivity index (χ0n) is 12.3. The summed E-state index contributed by atoms with van der Waals surface area (Å²) < 4.78 is 0. The maximum absolute atomic E-state index is 11.4. The lowest BCUT2D eigenvalue weighted by Gasteiger charge is -2.17. The first-order valence-electron chi connectivity index (χ1n) is 7.36. The Kier molecular flexibility index (Phi) is 3.27. The molecule has 5 heteroatoms. The first kappa shape index (κ1) is 13.9. The van der Waals surface area contributed by atoms with Crippen molar-refractivity contribution >= 4 is 22.4 Å². The topological polar surface area (TPSA) is 53.4 Å². The molecule has 2 atom stereocenters. The largest absolute Gasteiger partial charge is 0.477 e. The molecule has 2 fully saturated rings. The molecular weight excluding hydrogens is 272 g/mol. The fraction of sp³-hybridized carbons (Fsp3) is 0.733. The SMILES string of the molecule is CC(C)(C)c1nc(N2CC3CCCC3C2)sc1C(=O)O. The van der Waals surface area contributed by atoms with E-state index in [1.807, 2.05) is 20.8 Å². The third-order valence-electron chi connectivity index (χ3n) is 4.52. The van der Waals surface area contributed by atoms with Gasteiger partial charge in [-0.05, 0) is 24.7 Å². The molecule has 2 heterocycles. The number of hydrogen-bond donors (Lipinski definition) is 1. The number of carboxylic acid groups (broad SMARTS) is 1. The molecule has 20 heavy (non-hydrogen) atoms. The van der Waals surface area contributed by atoms with Gasteiger partial charge in [-0.3, -0.25) is 0 Å². The van der Waals surface area contributed by atoms with Gasteiger partial charge in [-0.15, -0.1) is 0 Å². The monoisotopic (exact) mass is 294 g/mol. The van der Waals surface area contributed by atoms with E-state index in [9.17, 15) is 9.90 Å². The van der Waals surface area contributed by atoms with Crippen molar-refractivity contribution in [1.82, 2.24) is 4.98 Å². The highest BCUT2D eigenvalue weighted by molar-refractivity contribution is 7.17. The van der Waals surface area contributed by atoms with Gasteiger partial charge in [0.1, 0.15) is 4.88 Å². The van der Waals surface area contributed by atoms with Crippen LogP contribution in [0.1, 0.15) is 55.4 Å². The van der Waals surface area contributed by atoms with Crippen molar-refractivity contribution in [3.05, 3.63) is 10.6 Å². The van der Waals surface area contributed by atoms with Gasteiger partial charge in [-0.25, -0.2) is 9.78 Å². The molecule has 3 rings (SSSR count). The molecule has 2 aliphatic rings. The summed E-state index contributed by atoms with van der Waals surface area (Å²) in [6.45, 7) is 8.19. The fourth-order valence-electron chi connectivity index (χ4n) is 3.49. The van der Waals surface area contributed by atoms with Crippen LogP contribution in [0.2, 0.25) is 0 Å². The minimum atomic E-state index is -0.849. The van der Waals surface area contributed by atoms with E-state index in [4.69, 9.17) is 0 Å². The zero-order valence-corrected chi connectivity index (χ0v) is 13.2. The van der Waals surface area contributed by atoms with E-state index in [-0.39, 0.29) is 5.41 Å². The number of rotatable bonds is 2. The third kappa shape index (κ3) is 2.32. The number of aromatic nitrogens is 1. The van der Waals surface area contributed by atoms with Crippen LogP contribution in [0.4, 0.5) is 5.13 Å². The predicted molar refractivity (Wildman–Crippen MR) is 80.8 cm³/mol. The van der Waals surface area contributed by atoms with Crippen LogP contribution in [0.25, 0.3) is 0 Å². The lowest BCUT2D eigenvalue weighted by Crippen LogP contribution is -2.21. The van der Waals surface area contributed by atoms with Crippen LogP contribution in [0.5, 0.6) is 0 Å². The standard InChI is InChI=1S/C15H22N2O2S/c1-15(2,3)12-11(13(18)19)20-14(16-12)17-7-9-5-4-6-10(9)8-17/h9-10H,4-8H2,1-3H3,(H,18,19). The molecule has 2 unspecified atom stereocenters. The molecule has 1 saturated heterocycles.